The molecule has 1 saturated heterocycles. The van der Waals surface area contributed by atoms with E-state index in [9.17, 15) is 19.1 Å². The van der Waals surface area contributed by atoms with Crippen LogP contribution in [0.3, 0.4) is 0 Å². The first-order valence-electron chi connectivity index (χ1n) is 6.57. The van der Waals surface area contributed by atoms with Gasteiger partial charge in [0.2, 0.25) is 0 Å². The van der Waals surface area contributed by atoms with Gasteiger partial charge in [0.1, 0.15) is 16.2 Å². The molecule has 1 unspecified atom stereocenters. The molecule has 0 saturated carbocycles. The van der Waals surface area contributed by atoms with Gasteiger partial charge in [0.15, 0.2) is 0 Å². The minimum atomic E-state index is -1.11. The summed E-state index contributed by atoms with van der Waals surface area (Å²) in [6, 6.07) is 5.01. The van der Waals surface area contributed by atoms with E-state index in [2.05, 4.69) is 0 Å². The molecule has 1 aliphatic rings. The molecule has 2 rings (SSSR count). The number of carbonyl (C=O) groups excluding carboxylic acids is 1. The molecular weight excluding hydrogens is 325 g/mol. The van der Waals surface area contributed by atoms with Crippen LogP contribution in [-0.2, 0) is 9.59 Å². The quantitative estimate of drug-likeness (QED) is 0.675. The van der Waals surface area contributed by atoms with Crippen molar-refractivity contribution in [2.75, 3.05) is 0 Å². The fourth-order valence-corrected chi connectivity index (χ4v) is 3.47. The number of thioether (sulfide) groups is 1. The van der Waals surface area contributed by atoms with Gasteiger partial charge in [-0.3, -0.25) is 9.69 Å². The van der Waals surface area contributed by atoms with Gasteiger partial charge in [-0.05, 0) is 18.1 Å². The van der Waals surface area contributed by atoms with E-state index in [0.29, 0.717) is 0 Å². The minimum Gasteiger partial charge on any atom is -0.480 e. The first-order chi connectivity index (χ1) is 10.3. The molecule has 1 N–H and O–H groups in total. The summed E-state index contributed by atoms with van der Waals surface area (Å²) in [7, 11) is 0. The predicted molar refractivity (Wildman–Crippen MR) is 87.7 cm³/mol. The summed E-state index contributed by atoms with van der Waals surface area (Å²) in [5.74, 6) is -2.36. The SMILES string of the molecule is CC(C)C(C(=O)O)N1C(=O)/C(=C/c2ccccc2F)SC1=S. The van der Waals surface area contributed by atoms with Crippen molar-refractivity contribution in [2.45, 2.75) is 19.9 Å². The number of nitrogens with zero attached hydrogens (tertiary/aromatic N) is 1. The maximum Gasteiger partial charge on any atom is 0.327 e. The summed E-state index contributed by atoms with van der Waals surface area (Å²) in [6.45, 7) is 3.41. The van der Waals surface area contributed by atoms with Gasteiger partial charge >= 0.3 is 5.97 Å². The van der Waals surface area contributed by atoms with Crippen LogP contribution in [-0.4, -0.2) is 32.2 Å². The van der Waals surface area contributed by atoms with E-state index in [-0.39, 0.29) is 20.7 Å². The summed E-state index contributed by atoms with van der Waals surface area (Å²) in [4.78, 5) is 25.2. The number of hydrogen-bond acceptors (Lipinski definition) is 4. The van der Waals surface area contributed by atoms with Gasteiger partial charge in [-0.1, -0.05) is 56.0 Å². The first-order valence-corrected chi connectivity index (χ1v) is 7.79. The van der Waals surface area contributed by atoms with Crippen LogP contribution in [0.15, 0.2) is 29.2 Å². The van der Waals surface area contributed by atoms with Crippen LogP contribution < -0.4 is 0 Å². The van der Waals surface area contributed by atoms with Gasteiger partial charge in [-0.2, -0.15) is 0 Å². The molecule has 1 atom stereocenters. The highest BCUT2D eigenvalue weighted by Gasteiger charge is 2.41. The molecule has 22 heavy (non-hydrogen) atoms. The molecule has 1 amide bonds. The van der Waals surface area contributed by atoms with Gasteiger partial charge in [-0.25, -0.2) is 9.18 Å². The second-order valence-electron chi connectivity index (χ2n) is 5.10. The third-order valence-corrected chi connectivity index (χ3v) is 4.51. The van der Waals surface area contributed by atoms with Crippen LogP contribution in [0.2, 0.25) is 0 Å². The molecule has 0 radical (unpaired) electrons. The zero-order valence-electron chi connectivity index (χ0n) is 11.9. The number of carboxylic acids is 1. The smallest absolute Gasteiger partial charge is 0.327 e. The summed E-state index contributed by atoms with van der Waals surface area (Å²) >= 11 is 6.12. The van der Waals surface area contributed by atoms with Crippen molar-refractivity contribution < 1.29 is 19.1 Å². The van der Waals surface area contributed by atoms with Crippen LogP contribution in [0.5, 0.6) is 0 Å². The van der Waals surface area contributed by atoms with Crippen LogP contribution in [0.4, 0.5) is 4.39 Å². The average molecular weight is 339 g/mol. The van der Waals surface area contributed by atoms with Gasteiger partial charge in [0.05, 0.1) is 4.91 Å². The molecule has 1 aromatic rings. The first kappa shape index (κ1) is 16.6. The highest BCUT2D eigenvalue weighted by atomic mass is 32.2. The van der Waals surface area contributed by atoms with Gasteiger partial charge in [0.25, 0.3) is 5.91 Å². The normalized spacial score (nSPS) is 18.4. The van der Waals surface area contributed by atoms with Gasteiger partial charge < -0.3 is 5.11 Å². The number of aliphatic carboxylic acids is 1. The number of carbonyl (C=O) groups is 2. The summed E-state index contributed by atoms with van der Waals surface area (Å²) in [5, 5.41) is 9.32. The molecule has 116 valence electrons. The molecule has 1 fully saturated rings. The fraction of sp³-hybridized carbons (Fsp3) is 0.267. The molecule has 4 nitrogen and oxygen atoms in total. The van der Waals surface area contributed by atoms with Gasteiger partial charge in [-0.15, -0.1) is 0 Å². The topological polar surface area (TPSA) is 57.6 Å². The predicted octanol–water partition coefficient (Wildman–Crippen LogP) is 3.14. The van der Waals surface area contributed by atoms with Crippen molar-refractivity contribution in [3.63, 3.8) is 0 Å². The average Bonchev–Trinajstić information content (AvgIpc) is 2.69. The summed E-state index contributed by atoms with van der Waals surface area (Å²) in [5.41, 5.74) is 0.263. The van der Waals surface area contributed by atoms with Gasteiger partial charge in [0, 0.05) is 5.56 Å². The highest BCUT2D eigenvalue weighted by molar-refractivity contribution is 8.26. The Labute approximate surface area is 137 Å². The number of carboxylic acid groups (broad SMARTS) is 1. The van der Waals surface area contributed by atoms with Crippen molar-refractivity contribution in [3.05, 3.63) is 40.6 Å². The molecule has 1 aliphatic heterocycles. The lowest BCUT2D eigenvalue weighted by molar-refractivity contribution is -0.146. The molecule has 0 bridgehead atoms. The van der Waals surface area contributed by atoms with Crippen molar-refractivity contribution >= 4 is 46.3 Å². The van der Waals surface area contributed by atoms with Crippen molar-refractivity contribution in [2.24, 2.45) is 5.92 Å². The lowest BCUT2D eigenvalue weighted by Crippen LogP contribution is -2.47. The fourth-order valence-electron chi connectivity index (χ4n) is 2.15. The Kier molecular flexibility index (Phi) is 4.97. The second-order valence-corrected chi connectivity index (χ2v) is 6.78. The third-order valence-electron chi connectivity index (χ3n) is 3.18. The highest BCUT2D eigenvalue weighted by Crippen LogP contribution is 2.35. The Morgan fingerprint density at radius 3 is 2.59 bits per heavy atom. The molecule has 0 aliphatic carbocycles. The molecule has 1 aromatic carbocycles. The number of benzene rings is 1. The molecule has 1 heterocycles. The van der Waals surface area contributed by atoms with E-state index in [1.165, 1.54) is 12.1 Å². The van der Waals surface area contributed by atoms with Crippen molar-refractivity contribution in [1.82, 2.24) is 4.90 Å². The Balaban J connectivity index is 2.37. The van der Waals surface area contributed by atoms with E-state index in [1.54, 1.807) is 32.0 Å². The third kappa shape index (κ3) is 3.20. The maximum absolute atomic E-state index is 13.7. The van der Waals surface area contributed by atoms with E-state index >= 15 is 0 Å². The number of rotatable bonds is 4. The zero-order valence-corrected chi connectivity index (χ0v) is 13.6. The van der Waals surface area contributed by atoms with Crippen LogP contribution in [0, 0.1) is 11.7 Å². The van der Waals surface area contributed by atoms with Crippen LogP contribution in [0.1, 0.15) is 19.4 Å². The Bertz CT molecular complexity index is 673. The molecule has 7 heteroatoms. The van der Waals surface area contributed by atoms with E-state index in [4.69, 9.17) is 12.2 Å². The van der Waals surface area contributed by atoms with Crippen LogP contribution in [0.25, 0.3) is 6.08 Å². The largest absolute Gasteiger partial charge is 0.480 e. The number of thiocarbonyl (C=S) groups is 1. The minimum absolute atomic E-state index is 0.175. The van der Waals surface area contributed by atoms with E-state index in [1.807, 2.05) is 0 Å². The monoisotopic (exact) mass is 339 g/mol. The second kappa shape index (κ2) is 6.58. The lowest BCUT2D eigenvalue weighted by atomic mass is 10.0. The standard InChI is InChI=1S/C15H14FNO3S2/c1-8(2)12(14(19)20)17-13(18)11(22-15(17)21)7-9-5-3-4-6-10(9)16/h3-8,12H,1-2H3,(H,19,20)/b11-7-. The zero-order chi connectivity index (χ0) is 16.4. The Hall–Kier alpha value is -1.73. The molecule has 0 spiro atoms. The van der Waals surface area contributed by atoms with Crippen molar-refractivity contribution in [1.29, 1.82) is 0 Å². The Morgan fingerprint density at radius 1 is 1.41 bits per heavy atom. The molecule has 0 aromatic heterocycles. The summed E-state index contributed by atoms with van der Waals surface area (Å²) < 4.78 is 13.8. The lowest BCUT2D eigenvalue weighted by Gasteiger charge is -2.26. The van der Waals surface area contributed by atoms with Crippen molar-refractivity contribution in [3.8, 4) is 0 Å². The van der Waals surface area contributed by atoms with Crippen LogP contribution >= 0.6 is 24.0 Å². The maximum atomic E-state index is 13.7. The number of halogens is 1. The van der Waals surface area contributed by atoms with E-state index in [0.717, 1.165) is 16.7 Å². The Morgan fingerprint density at radius 2 is 2.05 bits per heavy atom. The molecular formula is C15H14FNO3S2. The number of amides is 1. The summed E-state index contributed by atoms with van der Waals surface area (Å²) in [6.07, 6.45) is 1.40. The number of hydrogen-bond donors (Lipinski definition) is 1. The van der Waals surface area contributed by atoms with E-state index < -0.39 is 23.7 Å².